The molecule has 1 rings (SSSR count). The Morgan fingerprint density at radius 2 is 1.94 bits per heavy atom. The summed E-state index contributed by atoms with van der Waals surface area (Å²) in [5, 5.41) is 25.3. The molecule has 0 saturated carbocycles. The molecule has 0 unspecified atom stereocenters. The zero-order valence-electron chi connectivity index (χ0n) is 11.0. The molecule has 18 heavy (non-hydrogen) atoms. The summed E-state index contributed by atoms with van der Waals surface area (Å²) in [6, 6.07) is 0. The Morgan fingerprint density at radius 3 is 2.50 bits per heavy atom. The minimum atomic E-state index is -1.02. The van der Waals surface area contributed by atoms with Gasteiger partial charge in [0.05, 0.1) is 5.69 Å². The van der Waals surface area contributed by atoms with Gasteiger partial charge < -0.3 is 10.2 Å². The lowest BCUT2D eigenvalue weighted by atomic mass is 10.1. The molecule has 0 saturated heterocycles. The molecule has 0 radical (unpaired) electrons. The highest BCUT2D eigenvalue weighted by molar-refractivity contribution is 5.86. The number of carboxylic acids is 1. The summed E-state index contributed by atoms with van der Waals surface area (Å²) in [6.45, 7) is 4.78. The van der Waals surface area contributed by atoms with Crippen molar-refractivity contribution in [3.05, 3.63) is 11.4 Å². The fraction of sp³-hybridized carbons (Fsp3) is 0.750. The molecular weight excluding hydrogens is 234 g/mol. The summed E-state index contributed by atoms with van der Waals surface area (Å²) < 4.78 is 1.69. The second kappa shape index (κ2) is 7.10. The number of aliphatic hydroxyl groups is 1. The molecular formula is C12H21N3O3. The predicted octanol–water partition coefficient (Wildman–Crippen LogP) is 1.65. The molecule has 102 valence electrons. The van der Waals surface area contributed by atoms with Crippen LogP contribution in [0.1, 0.15) is 61.6 Å². The van der Waals surface area contributed by atoms with Gasteiger partial charge in [-0.1, -0.05) is 31.9 Å². The summed E-state index contributed by atoms with van der Waals surface area (Å²) in [5.74, 6) is -0.936. The zero-order chi connectivity index (χ0) is 13.5. The van der Waals surface area contributed by atoms with Crippen LogP contribution in [0.3, 0.4) is 0 Å². The van der Waals surface area contributed by atoms with Gasteiger partial charge in [-0.15, -0.1) is 5.10 Å². The lowest BCUT2D eigenvalue weighted by Gasteiger charge is -2.09. The molecule has 6 heteroatoms. The monoisotopic (exact) mass is 255 g/mol. The number of hydrogen-bond donors (Lipinski definition) is 2. The molecule has 6 nitrogen and oxygen atoms in total. The highest BCUT2D eigenvalue weighted by Gasteiger charge is 2.20. The summed E-state index contributed by atoms with van der Waals surface area (Å²) in [5.41, 5.74) is 0.741. The number of aromatic nitrogens is 3. The third kappa shape index (κ3) is 3.80. The molecule has 2 N–H and O–H groups in total. The second-order valence-electron chi connectivity index (χ2n) is 4.64. The quantitative estimate of drug-likeness (QED) is 0.689. The first-order valence-electron chi connectivity index (χ1n) is 6.35. The van der Waals surface area contributed by atoms with E-state index in [4.69, 9.17) is 10.2 Å². The molecule has 0 aliphatic rings. The Bertz CT molecular complexity index is 388. The van der Waals surface area contributed by atoms with E-state index in [1.807, 2.05) is 13.8 Å². The molecule has 0 aromatic carbocycles. The molecule has 1 heterocycles. The maximum Gasteiger partial charge on any atom is 0.358 e. The fourth-order valence-corrected chi connectivity index (χ4v) is 1.94. The number of aryl methyl sites for hydroxylation is 1. The van der Waals surface area contributed by atoms with Crippen molar-refractivity contribution in [1.29, 1.82) is 0 Å². The molecule has 0 aliphatic heterocycles. The van der Waals surface area contributed by atoms with Crippen molar-refractivity contribution >= 4 is 5.97 Å². The first kappa shape index (κ1) is 14.6. The normalized spacial score (nSPS) is 11.1. The van der Waals surface area contributed by atoms with Crippen molar-refractivity contribution in [2.75, 3.05) is 6.61 Å². The average molecular weight is 255 g/mol. The number of aliphatic hydroxyl groups excluding tert-OH is 1. The number of nitrogens with zero attached hydrogens (tertiary/aromatic N) is 3. The topological polar surface area (TPSA) is 88.2 Å². The van der Waals surface area contributed by atoms with E-state index in [9.17, 15) is 4.79 Å². The molecule has 1 aromatic rings. The molecule has 0 amide bonds. The van der Waals surface area contributed by atoms with E-state index in [2.05, 4.69) is 10.3 Å². The van der Waals surface area contributed by atoms with Crippen molar-refractivity contribution < 1.29 is 15.0 Å². The Balaban J connectivity index is 2.62. The van der Waals surface area contributed by atoms with E-state index >= 15 is 0 Å². The highest BCUT2D eigenvalue weighted by atomic mass is 16.4. The van der Waals surface area contributed by atoms with Gasteiger partial charge in [-0.25, -0.2) is 9.48 Å². The van der Waals surface area contributed by atoms with Crippen LogP contribution in [0.25, 0.3) is 0 Å². The highest BCUT2D eigenvalue weighted by Crippen LogP contribution is 2.18. The SMILES string of the molecule is CC(C)c1c(C(=O)O)nnn1CCCCCCO. The predicted molar refractivity (Wildman–Crippen MR) is 66.6 cm³/mol. The van der Waals surface area contributed by atoms with E-state index in [1.54, 1.807) is 4.68 Å². The van der Waals surface area contributed by atoms with E-state index in [0.29, 0.717) is 12.2 Å². The minimum absolute atomic E-state index is 0.0559. The molecule has 0 fully saturated rings. The lowest BCUT2D eigenvalue weighted by molar-refractivity contribution is 0.0688. The van der Waals surface area contributed by atoms with Crippen LogP contribution in [0.5, 0.6) is 0 Å². The Hall–Kier alpha value is -1.43. The van der Waals surface area contributed by atoms with E-state index < -0.39 is 5.97 Å². The maximum atomic E-state index is 11.0. The third-order valence-electron chi connectivity index (χ3n) is 2.80. The van der Waals surface area contributed by atoms with Gasteiger partial charge in [0, 0.05) is 13.2 Å². The van der Waals surface area contributed by atoms with Gasteiger partial charge in [0.15, 0.2) is 5.69 Å². The lowest BCUT2D eigenvalue weighted by Crippen LogP contribution is -2.10. The number of carboxylic acid groups (broad SMARTS) is 1. The standard InChI is InChI=1S/C12H21N3O3/c1-9(2)11-10(12(17)18)13-14-15(11)7-5-3-4-6-8-16/h9,16H,3-8H2,1-2H3,(H,17,18). The van der Waals surface area contributed by atoms with Crippen molar-refractivity contribution in [2.24, 2.45) is 0 Å². The number of hydrogen-bond acceptors (Lipinski definition) is 4. The summed E-state index contributed by atoms with van der Waals surface area (Å²) in [4.78, 5) is 11.0. The molecule has 1 aromatic heterocycles. The summed E-state index contributed by atoms with van der Waals surface area (Å²) >= 11 is 0. The van der Waals surface area contributed by atoms with Gasteiger partial charge in [0.1, 0.15) is 0 Å². The average Bonchev–Trinajstić information content (AvgIpc) is 2.72. The van der Waals surface area contributed by atoms with Gasteiger partial charge in [0.2, 0.25) is 0 Å². The number of carbonyl (C=O) groups is 1. The van der Waals surface area contributed by atoms with E-state index in [-0.39, 0.29) is 18.2 Å². The van der Waals surface area contributed by atoms with Crippen molar-refractivity contribution in [3.8, 4) is 0 Å². The minimum Gasteiger partial charge on any atom is -0.476 e. The zero-order valence-corrected chi connectivity index (χ0v) is 11.0. The second-order valence-corrected chi connectivity index (χ2v) is 4.64. The van der Waals surface area contributed by atoms with Crippen molar-refractivity contribution in [1.82, 2.24) is 15.0 Å². The number of unbranched alkanes of at least 4 members (excludes halogenated alkanes) is 3. The summed E-state index contributed by atoms with van der Waals surface area (Å²) in [7, 11) is 0. The van der Waals surface area contributed by atoms with Crippen LogP contribution in [-0.4, -0.2) is 37.8 Å². The molecule has 0 spiro atoms. The van der Waals surface area contributed by atoms with Gasteiger partial charge in [-0.05, 0) is 18.8 Å². The van der Waals surface area contributed by atoms with Gasteiger partial charge >= 0.3 is 5.97 Å². The Labute approximate surface area is 107 Å². The van der Waals surface area contributed by atoms with E-state index in [1.165, 1.54) is 0 Å². The number of rotatable bonds is 8. The molecule has 0 atom stereocenters. The third-order valence-corrected chi connectivity index (χ3v) is 2.80. The summed E-state index contributed by atoms with van der Waals surface area (Å²) in [6.07, 6.45) is 3.71. The van der Waals surface area contributed by atoms with Crippen LogP contribution in [0.15, 0.2) is 0 Å². The number of aromatic carboxylic acids is 1. The smallest absolute Gasteiger partial charge is 0.358 e. The van der Waals surface area contributed by atoms with Crippen molar-refractivity contribution in [3.63, 3.8) is 0 Å². The Kier molecular flexibility index (Phi) is 5.77. The largest absolute Gasteiger partial charge is 0.476 e. The van der Waals surface area contributed by atoms with Crippen LogP contribution < -0.4 is 0 Å². The van der Waals surface area contributed by atoms with Crippen LogP contribution in [0.2, 0.25) is 0 Å². The van der Waals surface area contributed by atoms with Gasteiger partial charge in [0.25, 0.3) is 0 Å². The Morgan fingerprint density at radius 1 is 1.28 bits per heavy atom. The first-order valence-corrected chi connectivity index (χ1v) is 6.35. The van der Waals surface area contributed by atoms with E-state index in [0.717, 1.165) is 25.7 Å². The van der Waals surface area contributed by atoms with Crippen LogP contribution >= 0.6 is 0 Å². The maximum absolute atomic E-state index is 11.0. The molecule has 0 aliphatic carbocycles. The van der Waals surface area contributed by atoms with Gasteiger partial charge in [-0.2, -0.15) is 0 Å². The molecule has 0 bridgehead atoms. The van der Waals surface area contributed by atoms with Gasteiger partial charge in [-0.3, -0.25) is 0 Å². The van der Waals surface area contributed by atoms with Crippen LogP contribution in [0, 0.1) is 0 Å². The van der Waals surface area contributed by atoms with Crippen molar-refractivity contribution in [2.45, 2.75) is 52.0 Å². The fourth-order valence-electron chi connectivity index (χ4n) is 1.94. The van der Waals surface area contributed by atoms with Crippen LogP contribution in [0.4, 0.5) is 0 Å². The van der Waals surface area contributed by atoms with Crippen LogP contribution in [-0.2, 0) is 6.54 Å². The first-order chi connectivity index (χ1) is 8.57.